The minimum absolute atomic E-state index is 0.149. The van der Waals surface area contributed by atoms with Crippen LogP contribution in [0.1, 0.15) is 0 Å². The molecular formula is C11H11NO4S. The minimum Gasteiger partial charge on any atom is -0.483 e. The second kappa shape index (κ2) is 5.42. The molecule has 0 heterocycles. The van der Waals surface area contributed by atoms with Crippen molar-refractivity contribution in [2.45, 2.75) is 4.90 Å². The van der Waals surface area contributed by atoms with Gasteiger partial charge in [-0.3, -0.25) is 4.79 Å². The van der Waals surface area contributed by atoms with E-state index in [1.807, 2.05) is 24.3 Å². The van der Waals surface area contributed by atoms with Gasteiger partial charge in [-0.05, 0) is 22.9 Å². The molecule has 0 aliphatic carbocycles. The summed E-state index contributed by atoms with van der Waals surface area (Å²) in [6.45, 7) is -0.250. The van der Waals surface area contributed by atoms with E-state index in [1.165, 1.54) is 6.07 Å². The molecule has 90 valence electrons. The number of carbonyl (C=O) groups is 1. The molecule has 0 saturated heterocycles. The number of sulfonamides is 1. The molecule has 0 spiro atoms. The fourth-order valence-electron chi connectivity index (χ4n) is 1.34. The fraction of sp³-hybridized carbons (Fsp3) is 0. The summed E-state index contributed by atoms with van der Waals surface area (Å²) < 4.78 is 22.1. The molecule has 2 aromatic carbocycles. The molecule has 6 heteroatoms. The molecule has 17 heavy (non-hydrogen) atoms. The lowest BCUT2D eigenvalue weighted by Crippen LogP contribution is -2.11. The van der Waals surface area contributed by atoms with Gasteiger partial charge in [-0.15, -0.1) is 0 Å². The number of carboxylic acid groups (broad SMARTS) is 1. The first kappa shape index (κ1) is 13.1. The molecule has 2 rings (SSSR count). The van der Waals surface area contributed by atoms with Crippen molar-refractivity contribution in [1.82, 2.24) is 0 Å². The summed E-state index contributed by atoms with van der Waals surface area (Å²) >= 11 is 0. The molecule has 0 unspecified atom stereocenters. The van der Waals surface area contributed by atoms with Crippen LogP contribution in [0.3, 0.4) is 0 Å². The van der Waals surface area contributed by atoms with Crippen LogP contribution in [0, 0.1) is 0 Å². The van der Waals surface area contributed by atoms with Gasteiger partial charge in [0.15, 0.2) is 0 Å². The lowest BCUT2D eigenvalue weighted by Gasteiger charge is -2.00. The summed E-state index contributed by atoms with van der Waals surface area (Å²) in [5.41, 5.74) is 0. The average molecular weight is 253 g/mol. The lowest BCUT2D eigenvalue weighted by atomic mass is 10.1. The molecule has 5 nitrogen and oxygen atoms in total. The molecular weight excluding hydrogens is 242 g/mol. The van der Waals surface area contributed by atoms with Crippen LogP contribution in [0.5, 0.6) is 0 Å². The van der Waals surface area contributed by atoms with Crippen molar-refractivity contribution in [2.75, 3.05) is 0 Å². The highest BCUT2D eigenvalue weighted by Crippen LogP contribution is 2.17. The van der Waals surface area contributed by atoms with Gasteiger partial charge in [0.2, 0.25) is 10.0 Å². The van der Waals surface area contributed by atoms with Crippen LogP contribution in [0.4, 0.5) is 0 Å². The lowest BCUT2D eigenvalue weighted by molar-refractivity contribution is -0.122. The molecule has 0 radical (unpaired) electrons. The average Bonchev–Trinajstić information content (AvgIpc) is 2.28. The van der Waals surface area contributed by atoms with Gasteiger partial charge in [-0.25, -0.2) is 13.6 Å². The van der Waals surface area contributed by atoms with Crippen LogP contribution in [0.25, 0.3) is 10.8 Å². The highest BCUT2D eigenvalue weighted by molar-refractivity contribution is 7.89. The molecule has 0 bridgehead atoms. The minimum atomic E-state index is -3.59. The van der Waals surface area contributed by atoms with Crippen LogP contribution in [0.15, 0.2) is 47.4 Å². The van der Waals surface area contributed by atoms with E-state index < -0.39 is 10.0 Å². The van der Waals surface area contributed by atoms with Crippen molar-refractivity contribution in [1.29, 1.82) is 0 Å². The standard InChI is InChI=1S/C10H9NO2S.CH2O2/c11-14(12,13)10-6-5-8-3-1-2-4-9(8)7-10;2-1-3/h1-7H,(H2,11,12,13);1H,(H,2,3). The SMILES string of the molecule is NS(=O)(=O)c1ccc2ccccc2c1.O=CO. The maximum atomic E-state index is 11.1. The normalized spacial score (nSPS) is 10.4. The summed E-state index contributed by atoms with van der Waals surface area (Å²) in [5, 5.41) is 13.8. The van der Waals surface area contributed by atoms with E-state index in [2.05, 4.69) is 0 Å². The van der Waals surface area contributed by atoms with Crippen molar-refractivity contribution in [3.8, 4) is 0 Å². The zero-order chi connectivity index (χ0) is 12.9. The molecule has 3 N–H and O–H groups in total. The highest BCUT2D eigenvalue weighted by Gasteiger charge is 2.07. The number of fused-ring (bicyclic) bond motifs is 1. The summed E-state index contributed by atoms with van der Waals surface area (Å²) in [5.74, 6) is 0. The van der Waals surface area contributed by atoms with Crippen molar-refractivity contribution in [3.05, 3.63) is 42.5 Å². The van der Waals surface area contributed by atoms with Crippen molar-refractivity contribution in [3.63, 3.8) is 0 Å². The number of hydrogen-bond donors (Lipinski definition) is 2. The monoisotopic (exact) mass is 253 g/mol. The van der Waals surface area contributed by atoms with E-state index in [1.54, 1.807) is 12.1 Å². The third kappa shape index (κ3) is 3.54. The second-order valence-corrected chi connectivity index (χ2v) is 4.72. The van der Waals surface area contributed by atoms with E-state index in [4.69, 9.17) is 15.0 Å². The van der Waals surface area contributed by atoms with Gasteiger partial charge in [0, 0.05) is 0 Å². The zero-order valence-electron chi connectivity index (χ0n) is 8.78. The molecule has 2 aromatic rings. The molecule has 0 amide bonds. The molecule has 0 aliphatic heterocycles. The summed E-state index contributed by atoms with van der Waals surface area (Å²) in [6, 6.07) is 12.4. The molecule has 0 aliphatic rings. The number of rotatable bonds is 1. The Hall–Kier alpha value is -1.92. The molecule has 0 aromatic heterocycles. The Morgan fingerprint density at radius 1 is 1.06 bits per heavy atom. The Kier molecular flexibility index (Phi) is 4.19. The topological polar surface area (TPSA) is 97.5 Å². The van der Waals surface area contributed by atoms with Gasteiger partial charge in [-0.2, -0.15) is 0 Å². The Morgan fingerprint density at radius 3 is 2.12 bits per heavy atom. The first-order valence-corrected chi connectivity index (χ1v) is 6.13. The van der Waals surface area contributed by atoms with E-state index in [0.717, 1.165) is 10.8 Å². The quantitative estimate of drug-likeness (QED) is 0.746. The zero-order valence-corrected chi connectivity index (χ0v) is 9.59. The summed E-state index contributed by atoms with van der Waals surface area (Å²) in [4.78, 5) is 8.51. The predicted octanol–water partition coefficient (Wildman–Crippen LogP) is 1.19. The maximum Gasteiger partial charge on any atom is 0.290 e. The van der Waals surface area contributed by atoms with Gasteiger partial charge in [-0.1, -0.05) is 30.3 Å². The number of primary sulfonamides is 1. The first-order chi connectivity index (χ1) is 7.99. The van der Waals surface area contributed by atoms with Gasteiger partial charge in [0.05, 0.1) is 4.90 Å². The second-order valence-electron chi connectivity index (χ2n) is 3.16. The maximum absolute atomic E-state index is 11.1. The summed E-state index contributed by atoms with van der Waals surface area (Å²) in [7, 11) is -3.59. The van der Waals surface area contributed by atoms with Crippen LogP contribution in [-0.4, -0.2) is 20.0 Å². The smallest absolute Gasteiger partial charge is 0.290 e. The van der Waals surface area contributed by atoms with Gasteiger partial charge < -0.3 is 5.11 Å². The van der Waals surface area contributed by atoms with E-state index >= 15 is 0 Å². The number of nitrogens with two attached hydrogens (primary N) is 1. The Morgan fingerprint density at radius 2 is 1.59 bits per heavy atom. The first-order valence-electron chi connectivity index (χ1n) is 4.58. The third-order valence-electron chi connectivity index (χ3n) is 2.05. The fourth-order valence-corrected chi connectivity index (χ4v) is 1.89. The summed E-state index contributed by atoms with van der Waals surface area (Å²) in [6.07, 6.45) is 0. The van der Waals surface area contributed by atoms with Crippen LogP contribution in [0.2, 0.25) is 0 Å². The molecule has 0 atom stereocenters. The van der Waals surface area contributed by atoms with Gasteiger partial charge >= 0.3 is 0 Å². The Bertz CT molecular complexity index is 622. The van der Waals surface area contributed by atoms with E-state index in [-0.39, 0.29) is 11.4 Å². The largest absolute Gasteiger partial charge is 0.483 e. The Labute approximate surface area is 98.5 Å². The van der Waals surface area contributed by atoms with E-state index in [9.17, 15) is 8.42 Å². The van der Waals surface area contributed by atoms with Crippen LogP contribution < -0.4 is 5.14 Å². The van der Waals surface area contributed by atoms with Crippen molar-refractivity contribution >= 4 is 27.3 Å². The van der Waals surface area contributed by atoms with Crippen molar-refractivity contribution < 1.29 is 18.3 Å². The number of benzene rings is 2. The number of hydrogen-bond acceptors (Lipinski definition) is 3. The van der Waals surface area contributed by atoms with Crippen LogP contribution >= 0.6 is 0 Å². The third-order valence-corrected chi connectivity index (χ3v) is 2.96. The van der Waals surface area contributed by atoms with Crippen molar-refractivity contribution in [2.24, 2.45) is 5.14 Å². The Balaban J connectivity index is 0.000000437. The molecule has 0 saturated carbocycles. The van der Waals surface area contributed by atoms with Gasteiger partial charge in [0.1, 0.15) is 0 Å². The van der Waals surface area contributed by atoms with E-state index in [0.29, 0.717) is 0 Å². The molecule has 0 fully saturated rings. The predicted molar refractivity (Wildman–Crippen MR) is 64.0 cm³/mol. The van der Waals surface area contributed by atoms with Crippen LogP contribution in [-0.2, 0) is 14.8 Å². The van der Waals surface area contributed by atoms with Gasteiger partial charge in [0.25, 0.3) is 6.47 Å². The highest BCUT2D eigenvalue weighted by atomic mass is 32.2.